The highest BCUT2D eigenvalue weighted by atomic mass is 16.5. The van der Waals surface area contributed by atoms with Crippen molar-refractivity contribution in [2.45, 2.75) is 32.2 Å². The quantitative estimate of drug-likeness (QED) is 0.395. The van der Waals surface area contributed by atoms with Crippen LogP contribution in [0, 0.1) is 0 Å². The first-order valence-electron chi connectivity index (χ1n) is 6.52. The Bertz CT molecular complexity index is 294. The van der Waals surface area contributed by atoms with Gasteiger partial charge in [0.05, 0.1) is 20.1 Å². The van der Waals surface area contributed by atoms with Crippen molar-refractivity contribution in [2.24, 2.45) is 10.7 Å². The molecule has 0 bridgehead atoms. The fourth-order valence-electron chi connectivity index (χ4n) is 2.17. The van der Waals surface area contributed by atoms with Crippen LogP contribution in [-0.2, 0) is 9.53 Å². The van der Waals surface area contributed by atoms with Crippen molar-refractivity contribution < 1.29 is 9.53 Å². The second-order valence-corrected chi connectivity index (χ2v) is 4.40. The largest absolute Gasteiger partial charge is 0.469 e. The van der Waals surface area contributed by atoms with E-state index in [2.05, 4.69) is 26.9 Å². The van der Waals surface area contributed by atoms with Gasteiger partial charge in [0.1, 0.15) is 0 Å². The first-order chi connectivity index (χ1) is 8.67. The minimum atomic E-state index is -0.247. The molecule has 6 heteroatoms. The Hall–Kier alpha value is -1.30. The summed E-state index contributed by atoms with van der Waals surface area (Å²) in [6.07, 6.45) is 2.73. The average Bonchev–Trinajstić information content (AvgIpc) is 2.83. The molecule has 1 atom stereocenters. The van der Waals surface area contributed by atoms with E-state index in [-0.39, 0.29) is 5.97 Å². The molecule has 1 heterocycles. The van der Waals surface area contributed by atoms with Gasteiger partial charge >= 0.3 is 5.97 Å². The summed E-state index contributed by atoms with van der Waals surface area (Å²) in [4.78, 5) is 17.6. The summed E-state index contributed by atoms with van der Waals surface area (Å²) in [7, 11) is 1.37. The maximum Gasteiger partial charge on any atom is 0.307 e. The molecule has 1 fully saturated rings. The fourth-order valence-corrected chi connectivity index (χ4v) is 2.17. The van der Waals surface area contributed by atoms with Crippen LogP contribution in [0.1, 0.15) is 26.2 Å². The number of carbonyl (C=O) groups excluding carboxylic acids is 1. The normalized spacial score (nSPS) is 21.0. The molecule has 0 radical (unpaired) electrons. The number of aliphatic imine (C=N–C) groups is 1. The lowest BCUT2D eigenvalue weighted by molar-refractivity contribution is -0.140. The molecular weight excluding hydrogens is 232 g/mol. The van der Waals surface area contributed by atoms with Gasteiger partial charge in [0.25, 0.3) is 0 Å². The molecule has 0 spiro atoms. The van der Waals surface area contributed by atoms with E-state index in [1.165, 1.54) is 20.0 Å². The molecule has 3 N–H and O–H groups in total. The fraction of sp³-hybridized carbons (Fsp3) is 0.833. The standard InChI is InChI=1S/C12H24N4O2/c1-3-16-8-4-5-10(16)9-15-12(13)14-7-6-11(17)18-2/h10H,3-9H2,1-2H3,(H3,13,14,15). The molecular formula is C12H24N4O2. The number of nitrogens with one attached hydrogen (secondary N) is 1. The minimum absolute atomic E-state index is 0.247. The zero-order valence-electron chi connectivity index (χ0n) is 11.3. The summed E-state index contributed by atoms with van der Waals surface area (Å²) in [5, 5.41) is 2.91. The molecule has 0 saturated carbocycles. The lowest BCUT2D eigenvalue weighted by Crippen LogP contribution is -2.36. The van der Waals surface area contributed by atoms with Crippen LogP contribution in [0.4, 0.5) is 0 Å². The van der Waals surface area contributed by atoms with E-state index in [4.69, 9.17) is 5.73 Å². The predicted octanol–water partition coefficient (Wildman–Crippen LogP) is -0.0619. The van der Waals surface area contributed by atoms with Crippen LogP contribution in [-0.4, -0.2) is 56.2 Å². The predicted molar refractivity (Wildman–Crippen MR) is 71.4 cm³/mol. The molecule has 6 nitrogen and oxygen atoms in total. The van der Waals surface area contributed by atoms with E-state index in [1.54, 1.807) is 0 Å². The molecule has 0 aromatic rings. The van der Waals surface area contributed by atoms with Crippen LogP contribution in [0.5, 0.6) is 0 Å². The van der Waals surface area contributed by atoms with Gasteiger partial charge in [-0.1, -0.05) is 6.92 Å². The van der Waals surface area contributed by atoms with Crippen molar-refractivity contribution in [3.63, 3.8) is 0 Å². The van der Waals surface area contributed by atoms with E-state index < -0.39 is 0 Å². The van der Waals surface area contributed by atoms with Crippen molar-refractivity contribution in [2.75, 3.05) is 33.3 Å². The summed E-state index contributed by atoms with van der Waals surface area (Å²) >= 11 is 0. The zero-order valence-corrected chi connectivity index (χ0v) is 11.3. The van der Waals surface area contributed by atoms with Crippen LogP contribution >= 0.6 is 0 Å². The molecule has 1 aliphatic heterocycles. The molecule has 0 aromatic carbocycles. The van der Waals surface area contributed by atoms with Crippen molar-refractivity contribution >= 4 is 11.9 Å². The molecule has 18 heavy (non-hydrogen) atoms. The third kappa shape index (κ3) is 4.91. The number of esters is 1. The van der Waals surface area contributed by atoms with E-state index in [9.17, 15) is 4.79 Å². The highest BCUT2D eigenvalue weighted by molar-refractivity contribution is 5.78. The van der Waals surface area contributed by atoms with Crippen LogP contribution in [0.15, 0.2) is 4.99 Å². The number of nitrogens with two attached hydrogens (primary N) is 1. The number of likely N-dealkylation sites (tertiary alicyclic amines) is 1. The van der Waals surface area contributed by atoms with Gasteiger partial charge in [-0.25, -0.2) is 0 Å². The molecule has 1 saturated heterocycles. The van der Waals surface area contributed by atoms with Crippen LogP contribution in [0.2, 0.25) is 0 Å². The summed E-state index contributed by atoms with van der Waals surface area (Å²) in [5.74, 6) is 0.158. The Kier molecular flexibility index (Phi) is 6.49. The maximum atomic E-state index is 10.9. The van der Waals surface area contributed by atoms with E-state index >= 15 is 0 Å². The first-order valence-corrected chi connectivity index (χ1v) is 6.52. The van der Waals surface area contributed by atoms with Crippen molar-refractivity contribution in [1.82, 2.24) is 10.2 Å². The molecule has 0 amide bonds. The van der Waals surface area contributed by atoms with Gasteiger partial charge < -0.3 is 15.8 Å². The van der Waals surface area contributed by atoms with E-state index in [1.807, 2.05) is 0 Å². The Labute approximate surface area is 109 Å². The number of carbonyl (C=O) groups is 1. The molecule has 104 valence electrons. The molecule has 1 unspecified atom stereocenters. The highest BCUT2D eigenvalue weighted by Gasteiger charge is 2.22. The molecule has 0 aromatic heterocycles. The summed E-state index contributed by atoms with van der Waals surface area (Å²) in [6, 6.07) is 0.510. The number of ether oxygens (including phenoxy) is 1. The number of hydrogen-bond acceptors (Lipinski definition) is 4. The van der Waals surface area contributed by atoms with Crippen molar-refractivity contribution in [1.29, 1.82) is 0 Å². The van der Waals surface area contributed by atoms with Crippen LogP contribution < -0.4 is 11.1 Å². The number of guanidine groups is 1. The van der Waals surface area contributed by atoms with Gasteiger partial charge in [0.15, 0.2) is 5.96 Å². The summed E-state index contributed by atoms with van der Waals surface area (Å²) in [5.41, 5.74) is 5.73. The third-order valence-corrected chi connectivity index (χ3v) is 3.24. The lowest BCUT2D eigenvalue weighted by atomic mass is 10.2. The van der Waals surface area contributed by atoms with Crippen molar-refractivity contribution in [3.8, 4) is 0 Å². The Morgan fingerprint density at radius 2 is 2.39 bits per heavy atom. The lowest BCUT2D eigenvalue weighted by Gasteiger charge is -2.20. The molecule has 1 rings (SSSR count). The van der Waals surface area contributed by atoms with E-state index in [0.717, 1.165) is 19.6 Å². The minimum Gasteiger partial charge on any atom is -0.469 e. The summed E-state index contributed by atoms with van der Waals surface area (Å²) < 4.78 is 4.54. The number of likely N-dealkylation sites (N-methyl/N-ethyl adjacent to an activating group) is 1. The van der Waals surface area contributed by atoms with Gasteiger partial charge in [0, 0.05) is 12.6 Å². The van der Waals surface area contributed by atoms with E-state index in [0.29, 0.717) is 25.0 Å². The number of hydrogen-bond donors (Lipinski definition) is 2. The maximum absolute atomic E-state index is 10.9. The van der Waals surface area contributed by atoms with Crippen LogP contribution in [0.25, 0.3) is 0 Å². The number of rotatable bonds is 6. The monoisotopic (exact) mass is 256 g/mol. The highest BCUT2D eigenvalue weighted by Crippen LogP contribution is 2.16. The summed E-state index contributed by atoms with van der Waals surface area (Å²) in [6.45, 7) is 5.58. The molecule has 0 aliphatic carbocycles. The van der Waals surface area contributed by atoms with Gasteiger partial charge in [-0.2, -0.15) is 0 Å². The topological polar surface area (TPSA) is 80.0 Å². The van der Waals surface area contributed by atoms with Gasteiger partial charge in [-0.05, 0) is 25.9 Å². The molecule has 1 aliphatic rings. The zero-order chi connectivity index (χ0) is 13.4. The average molecular weight is 256 g/mol. The Morgan fingerprint density at radius 3 is 3.06 bits per heavy atom. The Morgan fingerprint density at radius 1 is 1.61 bits per heavy atom. The van der Waals surface area contributed by atoms with Gasteiger partial charge in [-0.15, -0.1) is 0 Å². The van der Waals surface area contributed by atoms with Gasteiger partial charge in [0.2, 0.25) is 0 Å². The SMILES string of the molecule is CCN1CCCC1CN=C(N)NCCC(=O)OC. The van der Waals surface area contributed by atoms with Crippen molar-refractivity contribution in [3.05, 3.63) is 0 Å². The third-order valence-electron chi connectivity index (χ3n) is 3.24. The first kappa shape index (κ1) is 14.8. The second kappa shape index (κ2) is 7.92. The second-order valence-electron chi connectivity index (χ2n) is 4.40. The number of methoxy groups -OCH3 is 1. The van der Waals surface area contributed by atoms with Gasteiger partial charge in [-0.3, -0.25) is 14.7 Å². The van der Waals surface area contributed by atoms with Crippen LogP contribution in [0.3, 0.4) is 0 Å². The smallest absolute Gasteiger partial charge is 0.307 e. The Balaban J connectivity index is 2.22. The number of nitrogens with zero attached hydrogens (tertiary/aromatic N) is 2.